The second-order valence-electron chi connectivity index (χ2n) is 6.15. The van der Waals surface area contributed by atoms with Crippen LogP contribution in [0.4, 0.5) is 0 Å². The Labute approximate surface area is 123 Å². The van der Waals surface area contributed by atoms with E-state index in [1.807, 2.05) is 0 Å². The number of fused-ring (bicyclic) bond motifs is 1. The van der Waals surface area contributed by atoms with Crippen LogP contribution in [0.3, 0.4) is 0 Å². The monoisotopic (exact) mass is 269 g/mol. The number of hydrogen-bond acceptors (Lipinski definition) is 1. The fraction of sp³-hybridized carbons (Fsp3) is 0.474. The lowest BCUT2D eigenvalue weighted by Crippen LogP contribution is -2.19. The maximum absolute atomic E-state index is 2.39. The molecule has 108 valence electrons. The predicted octanol–water partition coefficient (Wildman–Crippen LogP) is 4.92. The maximum atomic E-state index is 2.39. The second kappa shape index (κ2) is 6.90. The normalized spacial score (nSPS) is 14.7. The van der Waals surface area contributed by atoms with Crippen LogP contribution >= 0.6 is 0 Å². The molecule has 2 rings (SSSR count). The van der Waals surface area contributed by atoms with Crippen molar-refractivity contribution in [2.45, 2.75) is 32.6 Å². The standard InChI is InChI=1S/C19H27N/c1-5-15(2)17(13-14-20(3)4)19-12-8-10-16-9-6-7-11-18(16)19/h6-12,15,17H,5,13-14H2,1-4H3/t15-,17-/m1/s1. The van der Waals surface area contributed by atoms with Crippen molar-refractivity contribution in [3.63, 3.8) is 0 Å². The van der Waals surface area contributed by atoms with Gasteiger partial charge in [0, 0.05) is 0 Å². The molecule has 0 saturated heterocycles. The average molecular weight is 269 g/mol. The summed E-state index contributed by atoms with van der Waals surface area (Å²) < 4.78 is 0. The van der Waals surface area contributed by atoms with Gasteiger partial charge in [0.1, 0.15) is 0 Å². The Kier molecular flexibility index (Phi) is 5.19. The summed E-state index contributed by atoms with van der Waals surface area (Å²) >= 11 is 0. The fourth-order valence-electron chi connectivity index (χ4n) is 3.00. The summed E-state index contributed by atoms with van der Waals surface area (Å²) in [4.78, 5) is 2.29. The van der Waals surface area contributed by atoms with Gasteiger partial charge >= 0.3 is 0 Å². The Balaban J connectivity index is 2.39. The predicted molar refractivity (Wildman–Crippen MR) is 89.3 cm³/mol. The molecule has 0 unspecified atom stereocenters. The molecule has 2 aromatic rings. The highest BCUT2D eigenvalue weighted by Crippen LogP contribution is 2.34. The van der Waals surface area contributed by atoms with Gasteiger partial charge < -0.3 is 4.90 Å². The molecular weight excluding hydrogens is 242 g/mol. The van der Waals surface area contributed by atoms with Gasteiger partial charge in [-0.1, -0.05) is 62.7 Å². The molecule has 20 heavy (non-hydrogen) atoms. The van der Waals surface area contributed by atoms with Gasteiger partial charge in [0.2, 0.25) is 0 Å². The molecule has 1 nitrogen and oxygen atoms in total. The summed E-state index contributed by atoms with van der Waals surface area (Å²) in [5.41, 5.74) is 1.53. The Hall–Kier alpha value is -1.34. The van der Waals surface area contributed by atoms with Crippen LogP contribution in [0.15, 0.2) is 42.5 Å². The van der Waals surface area contributed by atoms with Gasteiger partial charge in [-0.05, 0) is 55.2 Å². The van der Waals surface area contributed by atoms with Crippen molar-refractivity contribution in [2.75, 3.05) is 20.6 Å². The van der Waals surface area contributed by atoms with Crippen LogP contribution in [0.5, 0.6) is 0 Å². The minimum atomic E-state index is 0.647. The SMILES string of the molecule is CC[C@@H](C)[C@@H](CCN(C)C)c1cccc2ccccc12. The van der Waals surface area contributed by atoms with E-state index in [0.717, 1.165) is 12.5 Å². The summed E-state index contributed by atoms with van der Waals surface area (Å²) in [5, 5.41) is 2.79. The fourth-order valence-corrected chi connectivity index (χ4v) is 3.00. The van der Waals surface area contributed by atoms with E-state index in [9.17, 15) is 0 Å². The molecule has 0 spiro atoms. The Morgan fingerprint density at radius 3 is 2.40 bits per heavy atom. The topological polar surface area (TPSA) is 3.24 Å². The molecule has 0 aliphatic rings. The minimum absolute atomic E-state index is 0.647. The van der Waals surface area contributed by atoms with Crippen molar-refractivity contribution in [1.82, 2.24) is 4.90 Å². The molecule has 0 radical (unpaired) electrons. The molecule has 2 atom stereocenters. The summed E-state index contributed by atoms with van der Waals surface area (Å²) in [6.45, 7) is 5.85. The van der Waals surface area contributed by atoms with Gasteiger partial charge in [-0.3, -0.25) is 0 Å². The van der Waals surface area contributed by atoms with E-state index in [1.165, 1.54) is 29.2 Å². The van der Waals surface area contributed by atoms with Crippen LogP contribution in [0.25, 0.3) is 10.8 Å². The van der Waals surface area contributed by atoms with Crippen molar-refractivity contribution < 1.29 is 0 Å². The van der Waals surface area contributed by atoms with Gasteiger partial charge in [-0.15, -0.1) is 0 Å². The van der Waals surface area contributed by atoms with E-state index in [0.29, 0.717) is 5.92 Å². The Morgan fingerprint density at radius 2 is 1.70 bits per heavy atom. The van der Waals surface area contributed by atoms with E-state index in [1.54, 1.807) is 0 Å². The van der Waals surface area contributed by atoms with Crippen LogP contribution in [0.2, 0.25) is 0 Å². The van der Waals surface area contributed by atoms with Gasteiger partial charge in [0.15, 0.2) is 0 Å². The third kappa shape index (κ3) is 3.40. The number of hydrogen-bond donors (Lipinski definition) is 0. The molecule has 0 bridgehead atoms. The summed E-state index contributed by atoms with van der Waals surface area (Å²) in [7, 11) is 4.33. The van der Waals surface area contributed by atoms with Gasteiger partial charge in [-0.2, -0.15) is 0 Å². The quantitative estimate of drug-likeness (QED) is 0.719. The van der Waals surface area contributed by atoms with Crippen molar-refractivity contribution in [2.24, 2.45) is 5.92 Å². The molecule has 2 aromatic carbocycles. The van der Waals surface area contributed by atoms with Gasteiger partial charge in [0.05, 0.1) is 0 Å². The molecule has 0 aliphatic heterocycles. The number of nitrogens with zero attached hydrogens (tertiary/aromatic N) is 1. The van der Waals surface area contributed by atoms with E-state index in [-0.39, 0.29) is 0 Å². The third-order valence-electron chi connectivity index (χ3n) is 4.44. The summed E-state index contributed by atoms with van der Waals surface area (Å²) in [5.74, 6) is 1.37. The highest BCUT2D eigenvalue weighted by Gasteiger charge is 2.19. The molecule has 0 amide bonds. The highest BCUT2D eigenvalue weighted by molar-refractivity contribution is 5.86. The molecule has 0 N–H and O–H groups in total. The lowest BCUT2D eigenvalue weighted by atomic mass is 9.81. The van der Waals surface area contributed by atoms with E-state index in [4.69, 9.17) is 0 Å². The molecule has 0 fully saturated rings. The minimum Gasteiger partial charge on any atom is -0.309 e. The molecule has 0 aliphatic carbocycles. The number of rotatable bonds is 6. The zero-order valence-corrected chi connectivity index (χ0v) is 13.3. The zero-order valence-electron chi connectivity index (χ0n) is 13.3. The molecular formula is C19H27N. The van der Waals surface area contributed by atoms with Crippen LogP contribution in [-0.2, 0) is 0 Å². The van der Waals surface area contributed by atoms with Crippen molar-refractivity contribution in [3.8, 4) is 0 Å². The van der Waals surface area contributed by atoms with E-state index in [2.05, 4.69) is 75.3 Å². The first-order valence-corrected chi connectivity index (χ1v) is 7.75. The summed E-state index contributed by atoms with van der Waals surface area (Å²) in [6.07, 6.45) is 2.47. The summed E-state index contributed by atoms with van der Waals surface area (Å²) in [6, 6.07) is 15.5. The zero-order chi connectivity index (χ0) is 14.5. The van der Waals surface area contributed by atoms with E-state index < -0.39 is 0 Å². The van der Waals surface area contributed by atoms with Crippen molar-refractivity contribution in [3.05, 3.63) is 48.0 Å². The average Bonchev–Trinajstić information content (AvgIpc) is 2.47. The first-order chi connectivity index (χ1) is 9.63. The lowest BCUT2D eigenvalue weighted by Gasteiger charge is -2.26. The molecule has 0 aromatic heterocycles. The lowest BCUT2D eigenvalue weighted by molar-refractivity contribution is 0.340. The maximum Gasteiger partial charge on any atom is -0.00189 e. The Morgan fingerprint density at radius 1 is 1.00 bits per heavy atom. The smallest absolute Gasteiger partial charge is 0.00189 e. The first-order valence-electron chi connectivity index (χ1n) is 7.75. The molecule has 1 heteroatoms. The van der Waals surface area contributed by atoms with Gasteiger partial charge in [0.25, 0.3) is 0 Å². The second-order valence-corrected chi connectivity index (χ2v) is 6.15. The highest BCUT2D eigenvalue weighted by atomic mass is 15.0. The first kappa shape index (κ1) is 15.1. The van der Waals surface area contributed by atoms with E-state index >= 15 is 0 Å². The largest absolute Gasteiger partial charge is 0.309 e. The van der Waals surface area contributed by atoms with Crippen LogP contribution in [0, 0.1) is 5.92 Å². The van der Waals surface area contributed by atoms with Crippen molar-refractivity contribution >= 4 is 10.8 Å². The number of benzene rings is 2. The third-order valence-corrected chi connectivity index (χ3v) is 4.44. The molecule has 0 heterocycles. The van der Waals surface area contributed by atoms with Crippen LogP contribution < -0.4 is 0 Å². The van der Waals surface area contributed by atoms with Crippen molar-refractivity contribution in [1.29, 1.82) is 0 Å². The van der Waals surface area contributed by atoms with Crippen LogP contribution in [0.1, 0.15) is 38.2 Å². The Bertz CT molecular complexity index is 539. The van der Waals surface area contributed by atoms with Gasteiger partial charge in [-0.25, -0.2) is 0 Å². The molecule has 0 saturated carbocycles. The van der Waals surface area contributed by atoms with Crippen LogP contribution in [-0.4, -0.2) is 25.5 Å².